The highest BCUT2D eigenvalue weighted by molar-refractivity contribution is 5.99. The third kappa shape index (κ3) is 4.08. The van der Waals surface area contributed by atoms with Crippen LogP contribution in [0, 0.1) is 0 Å². The van der Waals surface area contributed by atoms with Gasteiger partial charge in [0.05, 0.1) is 13.0 Å². The Morgan fingerprint density at radius 2 is 1.70 bits per heavy atom. The van der Waals surface area contributed by atoms with E-state index in [9.17, 15) is 9.59 Å². The van der Waals surface area contributed by atoms with Crippen molar-refractivity contribution in [1.82, 2.24) is 5.32 Å². The standard InChI is InChI=1S/C22H22N2O3/c1-14(15-7-8-17-13-20(27-3)10-9-16(17)11-15)21(25)24-19-6-4-5-18(12-19)22(26)23-2/h4-14H,1-3H3,(H,23,26)(H,24,25). The third-order valence-corrected chi connectivity index (χ3v) is 4.58. The van der Waals surface area contributed by atoms with Crippen LogP contribution in [0.5, 0.6) is 5.75 Å². The van der Waals surface area contributed by atoms with E-state index in [2.05, 4.69) is 10.6 Å². The molecule has 1 unspecified atom stereocenters. The molecular weight excluding hydrogens is 340 g/mol. The Hall–Kier alpha value is -3.34. The number of carbonyl (C=O) groups is 2. The number of rotatable bonds is 5. The van der Waals surface area contributed by atoms with Gasteiger partial charge in [-0.05, 0) is 53.6 Å². The Kier molecular flexibility index (Phi) is 5.41. The number of carbonyl (C=O) groups excluding carboxylic acids is 2. The zero-order valence-electron chi connectivity index (χ0n) is 15.6. The summed E-state index contributed by atoms with van der Waals surface area (Å²) < 4.78 is 5.25. The topological polar surface area (TPSA) is 67.4 Å². The molecule has 5 heteroatoms. The van der Waals surface area contributed by atoms with Crippen LogP contribution >= 0.6 is 0 Å². The van der Waals surface area contributed by atoms with Gasteiger partial charge in [-0.25, -0.2) is 0 Å². The molecule has 0 fully saturated rings. The lowest BCUT2D eigenvalue weighted by Crippen LogP contribution is -2.20. The van der Waals surface area contributed by atoms with Crippen molar-refractivity contribution in [3.05, 3.63) is 71.8 Å². The molecule has 0 heterocycles. The molecule has 5 nitrogen and oxygen atoms in total. The Balaban J connectivity index is 1.79. The van der Waals surface area contributed by atoms with E-state index in [-0.39, 0.29) is 17.7 Å². The molecule has 27 heavy (non-hydrogen) atoms. The van der Waals surface area contributed by atoms with E-state index in [0.29, 0.717) is 11.3 Å². The second kappa shape index (κ2) is 7.91. The van der Waals surface area contributed by atoms with Crippen molar-refractivity contribution in [2.24, 2.45) is 0 Å². The summed E-state index contributed by atoms with van der Waals surface area (Å²) in [5.41, 5.74) is 2.02. The highest BCUT2D eigenvalue weighted by Crippen LogP contribution is 2.26. The van der Waals surface area contributed by atoms with Gasteiger partial charge in [0, 0.05) is 18.3 Å². The van der Waals surface area contributed by atoms with Crippen molar-refractivity contribution in [2.45, 2.75) is 12.8 Å². The zero-order valence-corrected chi connectivity index (χ0v) is 15.6. The van der Waals surface area contributed by atoms with Gasteiger partial charge in [-0.15, -0.1) is 0 Å². The maximum Gasteiger partial charge on any atom is 0.251 e. The second-order valence-corrected chi connectivity index (χ2v) is 6.34. The van der Waals surface area contributed by atoms with Gasteiger partial charge in [-0.3, -0.25) is 9.59 Å². The average Bonchev–Trinajstić information content (AvgIpc) is 2.71. The molecule has 2 amide bonds. The van der Waals surface area contributed by atoms with E-state index in [1.165, 1.54) is 0 Å². The van der Waals surface area contributed by atoms with Crippen molar-refractivity contribution in [2.75, 3.05) is 19.5 Å². The predicted molar refractivity (Wildman–Crippen MR) is 107 cm³/mol. The van der Waals surface area contributed by atoms with Crippen LogP contribution in [0.1, 0.15) is 28.8 Å². The van der Waals surface area contributed by atoms with Gasteiger partial charge >= 0.3 is 0 Å². The van der Waals surface area contributed by atoms with Gasteiger partial charge in [-0.2, -0.15) is 0 Å². The normalized spacial score (nSPS) is 11.7. The molecule has 0 aliphatic heterocycles. The number of fused-ring (bicyclic) bond motifs is 1. The fraction of sp³-hybridized carbons (Fsp3) is 0.182. The van der Waals surface area contributed by atoms with Gasteiger partial charge in [0.1, 0.15) is 5.75 Å². The first-order chi connectivity index (χ1) is 13.0. The Morgan fingerprint density at radius 3 is 2.44 bits per heavy atom. The molecule has 3 aromatic rings. The first-order valence-corrected chi connectivity index (χ1v) is 8.72. The van der Waals surface area contributed by atoms with Gasteiger partial charge in [-0.1, -0.05) is 30.3 Å². The number of amides is 2. The summed E-state index contributed by atoms with van der Waals surface area (Å²) in [5, 5.41) is 7.57. The van der Waals surface area contributed by atoms with E-state index in [1.807, 2.05) is 43.3 Å². The van der Waals surface area contributed by atoms with Crippen molar-refractivity contribution in [3.63, 3.8) is 0 Å². The van der Waals surface area contributed by atoms with Crippen LogP contribution < -0.4 is 15.4 Å². The van der Waals surface area contributed by atoms with Gasteiger partial charge < -0.3 is 15.4 Å². The minimum Gasteiger partial charge on any atom is -0.497 e. The van der Waals surface area contributed by atoms with Crippen molar-refractivity contribution >= 4 is 28.3 Å². The largest absolute Gasteiger partial charge is 0.497 e. The summed E-state index contributed by atoms with van der Waals surface area (Å²) in [5.74, 6) is 0.151. The lowest BCUT2D eigenvalue weighted by molar-refractivity contribution is -0.117. The molecule has 0 saturated carbocycles. The van der Waals surface area contributed by atoms with Crippen LogP contribution in [-0.2, 0) is 4.79 Å². The molecule has 3 aromatic carbocycles. The predicted octanol–water partition coefficient (Wildman–Crippen LogP) is 3.95. The van der Waals surface area contributed by atoms with Crippen molar-refractivity contribution in [1.29, 1.82) is 0 Å². The number of methoxy groups -OCH3 is 1. The Labute approximate surface area is 158 Å². The number of hydrogen-bond donors (Lipinski definition) is 2. The molecule has 0 radical (unpaired) electrons. The summed E-state index contributed by atoms with van der Waals surface area (Å²) >= 11 is 0. The molecule has 138 valence electrons. The maximum absolute atomic E-state index is 12.7. The van der Waals surface area contributed by atoms with Crippen LogP contribution in [-0.4, -0.2) is 26.0 Å². The number of hydrogen-bond acceptors (Lipinski definition) is 3. The van der Waals surface area contributed by atoms with Crippen LogP contribution in [0.25, 0.3) is 10.8 Å². The Bertz CT molecular complexity index is 998. The number of nitrogens with one attached hydrogen (secondary N) is 2. The first kappa shape index (κ1) is 18.5. The lowest BCUT2D eigenvalue weighted by Gasteiger charge is -2.14. The molecule has 0 aliphatic rings. The molecule has 1 atom stereocenters. The van der Waals surface area contributed by atoms with E-state index >= 15 is 0 Å². The molecule has 2 N–H and O–H groups in total. The van der Waals surface area contributed by atoms with Crippen LogP contribution in [0.3, 0.4) is 0 Å². The first-order valence-electron chi connectivity index (χ1n) is 8.72. The van der Waals surface area contributed by atoms with Crippen molar-refractivity contribution in [3.8, 4) is 5.75 Å². The lowest BCUT2D eigenvalue weighted by atomic mass is 9.97. The van der Waals surface area contributed by atoms with Crippen molar-refractivity contribution < 1.29 is 14.3 Å². The van der Waals surface area contributed by atoms with Gasteiger partial charge in [0.25, 0.3) is 5.91 Å². The van der Waals surface area contributed by atoms with E-state index in [1.54, 1.807) is 38.4 Å². The summed E-state index contributed by atoms with van der Waals surface area (Å²) in [6.45, 7) is 1.86. The molecule has 0 aromatic heterocycles. The quantitative estimate of drug-likeness (QED) is 0.722. The Morgan fingerprint density at radius 1 is 0.963 bits per heavy atom. The fourth-order valence-corrected chi connectivity index (χ4v) is 2.92. The summed E-state index contributed by atoms with van der Waals surface area (Å²) in [6.07, 6.45) is 0. The minimum absolute atomic E-state index is 0.128. The molecular formula is C22H22N2O3. The smallest absolute Gasteiger partial charge is 0.251 e. The van der Waals surface area contributed by atoms with Crippen LogP contribution in [0.4, 0.5) is 5.69 Å². The number of ether oxygens (including phenoxy) is 1. The second-order valence-electron chi connectivity index (χ2n) is 6.34. The van der Waals surface area contributed by atoms with E-state index < -0.39 is 0 Å². The van der Waals surface area contributed by atoms with Gasteiger partial charge in [0.15, 0.2) is 0 Å². The molecule has 0 aliphatic carbocycles. The van der Waals surface area contributed by atoms with E-state index in [4.69, 9.17) is 4.74 Å². The number of benzene rings is 3. The number of anilines is 1. The molecule has 0 bridgehead atoms. The average molecular weight is 362 g/mol. The fourth-order valence-electron chi connectivity index (χ4n) is 2.92. The highest BCUT2D eigenvalue weighted by Gasteiger charge is 2.16. The third-order valence-electron chi connectivity index (χ3n) is 4.58. The zero-order chi connectivity index (χ0) is 19.4. The minimum atomic E-state index is -0.333. The molecule has 0 saturated heterocycles. The molecule has 0 spiro atoms. The summed E-state index contributed by atoms with van der Waals surface area (Å²) in [6, 6.07) is 18.7. The monoisotopic (exact) mass is 362 g/mol. The summed E-state index contributed by atoms with van der Waals surface area (Å²) in [7, 11) is 3.21. The SMILES string of the molecule is CNC(=O)c1cccc(NC(=O)C(C)c2ccc3cc(OC)ccc3c2)c1. The van der Waals surface area contributed by atoms with Gasteiger partial charge in [0.2, 0.25) is 5.91 Å². The highest BCUT2D eigenvalue weighted by atomic mass is 16.5. The summed E-state index contributed by atoms with van der Waals surface area (Å²) in [4.78, 5) is 24.4. The molecule has 3 rings (SSSR count). The van der Waals surface area contributed by atoms with Crippen LogP contribution in [0.15, 0.2) is 60.7 Å². The van der Waals surface area contributed by atoms with Crippen LogP contribution in [0.2, 0.25) is 0 Å². The van der Waals surface area contributed by atoms with E-state index in [0.717, 1.165) is 22.1 Å². The maximum atomic E-state index is 12.7.